The molecule has 0 spiro atoms. The second kappa shape index (κ2) is 4.48. The molecule has 18 heavy (non-hydrogen) atoms. The predicted molar refractivity (Wildman–Crippen MR) is 70.6 cm³/mol. The molecule has 1 aromatic rings. The molecule has 0 atom stereocenters. The first-order valence-electron chi connectivity index (χ1n) is 6.02. The molecule has 1 aliphatic rings. The lowest BCUT2D eigenvalue weighted by atomic mass is 9.93. The van der Waals surface area contributed by atoms with Gasteiger partial charge in [-0.3, -0.25) is 0 Å². The molecule has 2 N–H and O–H groups in total. The number of carbonyl (C=O) groups is 1. The van der Waals surface area contributed by atoms with E-state index in [9.17, 15) is 4.79 Å². The Balaban J connectivity index is 2.28. The smallest absolute Gasteiger partial charge is 0.340 e. The Morgan fingerprint density at radius 2 is 2.28 bits per heavy atom. The molecular weight excluding hydrogens is 230 g/mol. The molecule has 0 bridgehead atoms. The van der Waals surface area contributed by atoms with Crippen molar-refractivity contribution in [3.8, 4) is 0 Å². The second-order valence-electron chi connectivity index (χ2n) is 5.46. The number of hydrogen-bond donors (Lipinski definition) is 1. The summed E-state index contributed by atoms with van der Waals surface area (Å²) >= 11 is 0. The second-order valence-corrected chi connectivity index (χ2v) is 5.46. The van der Waals surface area contributed by atoms with Crippen molar-refractivity contribution < 1.29 is 9.53 Å². The number of rotatable bonds is 2. The Kier molecular flexibility index (Phi) is 3.15. The van der Waals surface area contributed by atoms with Crippen molar-refractivity contribution in [3.05, 3.63) is 17.8 Å². The third kappa shape index (κ3) is 2.39. The number of nitrogens with two attached hydrogens (primary N) is 1. The van der Waals surface area contributed by atoms with E-state index in [1.165, 1.54) is 13.3 Å². The number of carbonyl (C=O) groups excluding carboxylic acids is 1. The van der Waals surface area contributed by atoms with E-state index in [-0.39, 0.29) is 5.41 Å². The number of esters is 1. The summed E-state index contributed by atoms with van der Waals surface area (Å²) in [4.78, 5) is 18.0. The molecule has 5 heteroatoms. The number of nitrogen functional groups attached to an aromatic ring is 1. The molecule has 0 amide bonds. The summed E-state index contributed by atoms with van der Waals surface area (Å²) in [7, 11) is 1.35. The molecule has 0 radical (unpaired) electrons. The summed E-state index contributed by atoms with van der Waals surface area (Å²) in [6.07, 6.45) is 2.64. The number of aromatic nitrogens is 1. The van der Waals surface area contributed by atoms with Gasteiger partial charge < -0.3 is 15.4 Å². The van der Waals surface area contributed by atoms with E-state index in [1.807, 2.05) is 0 Å². The minimum absolute atomic E-state index is 0.286. The molecule has 5 nitrogen and oxygen atoms in total. The van der Waals surface area contributed by atoms with E-state index in [2.05, 4.69) is 23.7 Å². The fraction of sp³-hybridized carbons (Fsp3) is 0.538. The minimum Gasteiger partial charge on any atom is -0.465 e. The maximum Gasteiger partial charge on any atom is 0.340 e. The Morgan fingerprint density at radius 3 is 2.83 bits per heavy atom. The van der Waals surface area contributed by atoms with E-state index >= 15 is 0 Å². The molecule has 0 aliphatic carbocycles. The van der Waals surface area contributed by atoms with Crippen molar-refractivity contribution in [2.24, 2.45) is 5.41 Å². The predicted octanol–water partition coefficient (Wildman–Crippen LogP) is 1.69. The largest absolute Gasteiger partial charge is 0.465 e. The number of methoxy groups -OCH3 is 1. The van der Waals surface area contributed by atoms with Gasteiger partial charge in [-0.25, -0.2) is 9.78 Å². The summed E-state index contributed by atoms with van der Waals surface area (Å²) < 4.78 is 4.71. The van der Waals surface area contributed by atoms with Gasteiger partial charge in [0, 0.05) is 13.1 Å². The molecule has 1 aliphatic heterocycles. The maximum atomic E-state index is 11.6. The summed E-state index contributed by atoms with van der Waals surface area (Å²) in [5.41, 5.74) is 6.75. The number of pyridine rings is 1. The fourth-order valence-electron chi connectivity index (χ4n) is 2.22. The SMILES string of the molecule is COC(=O)c1cc(N2CCC(C)(C)C2)ncc1N. The van der Waals surface area contributed by atoms with Gasteiger partial charge in [0.1, 0.15) is 5.82 Å². The third-order valence-electron chi connectivity index (χ3n) is 3.33. The lowest BCUT2D eigenvalue weighted by molar-refractivity contribution is 0.0602. The average Bonchev–Trinajstić information content (AvgIpc) is 2.69. The van der Waals surface area contributed by atoms with Crippen LogP contribution in [-0.4, -0.2) is 31.2 Å². The lowest BCUT2D eigenvalue weighted by Gasteiger charge is -2.21. The zero-order valence-electron chi connectivity index (χ0n) is 11.1. The molecule has 1 aromatic heterocycles. The van der Waals surface area contributed by atoms with Crippen molar-refractivity contribution in [3.63, 3.8) is 0 Å². The summed E-state index contributed by atoms with van der Waals surface area (Å²) in [6, 6.07) is 1.71. The molecule has 2 heterocycles. The molecule has 1 saturated heterocycles. The molecule has 2 rings (SSSR count). The van der Waals surface area contributed by atoms with Gasteiger partial charge in [0.2, 0.25) is 0 Å². The van der Waals surface area contributed by atoms with Crippen LogP contribution in [0.1, 0.15) is 30.6 Å². The third-order valence-corrected chi connectivity index (χ3v) is 3.33. The number of ether oxygens (including phenoxy) is 1. The van der Waals surface area contributed by atoms with Crippen LogP contribution in [0.4, 0.5) is 11.5 Å². The first kappa shape index (κ1) is 12.7. The number of hydrogen-bond acceptors (Lipinski definition) is 5. The fourth-order valence-corrected chi connectivity index (χ4v) is 2.22. The van der Waals surface area contributed by atoms with Crippen LogP contribution in [0.25, 0.3) is 0 Å². The van der Waals surface area contributed by atoms with Crippen LogP contribution in [0.2, 0.25) is 0 Å². The maximum absolute atomic E-state index is 11.6. The van der Waals surface area contributed by atoms with Crippen molar-refractivity contribution in [2.75, 3.05) is 30.8 Å². The zero-order chi connectivity index (χ0) is 13.3. The van der Waals surface area contributed by atoms with Gasteiger partial charge in [-0.15, -0.1) is 0 Å². The summed E-state index contributed by atoms with van der Waals surface area (Å²) in [5.74, 6) is 0.366. The molecule has 1 fully saturated rings. The highest BCUT2D eigenvalue weighted by molar-refractivity contribution is 5.95. The van der Waals surface area contributed by atoms with Gasteiger partial charge in [-0.2, -0.15) is 0 Å². The van der Waals surface area contributed by atoms with Crippen LogP contribution >= 0.6 is 0 Å². The van der Waals surface area contributed by atoms with Crippen molar-refractivity contribution in [1.82, 2.24) is 4.98 Å². The van der Waals surface area contributed by atoms with Crippen molar-refractivity contribution >= 4 is 17.5 Å². The normalized spacial score (nSPS) is 17.8. The number of nitrogens with zero attached hydrogens (tertiary/aromatic N) is 2. The van der Waals surface area contributed by atoms with Gasteiger partial charge in [0.25, 0.3) is 0 Å². The van der Waals surface area contributed by atoms with Crippen LogP contribution in [-0.2, 0) is 4.74 Å². The average molecular weight is 249 g/mol. The minimum atomic E-state index is -0.422. The molecule has 0 unspecified atom stereocenters. The van der Waals surface area contributed by atoms with Crippen LogP contribution in [0.5, 0.6) is 0 Å². The van der Waals surface area contributed by atoms with Gasteiger partial charge in [0.15, 0.2) is 0 Å². The highest BCUT2D eigenvalue weighted by atomic mass is 16.5. The van der Waals surface area contributed by atoms with E-state index in [0.717, 1.165) is 25.3 Å². The van der Waals surface area contributed by atoms with Gasteiger partial charge in [-0.05, 0) is 17.9 Å². The first-order chi connectivity index (χ1) is 8.43. The van der Waals surface area contributed by atoms with E-state index in [0.29, 0.717) is 11.3 Å². The Labute approximate surface area is 107 Å². The number of anilines is 2. The van der Waals surface area contributed by atoms with Crippen LogP contribution in [0.15, 0.2) is 12.3 Å². The topological polar surface area (TPSA) is 68.5 Å². The Hall–Kier alpha value is -1.78. The summed E-state index contributed by atoms with van der Waals surface area (Å²) in [5, 5.41) is 0. The standard InChI is InChI=1S/C13H19N3O2/c1-13(2)4-5-16(8-13)11-6-9(12(17)18-3)10(14)7-15-11/h6-7H,4-5,8,14H2,1-3H3. The lowest BCUT2D eigenvalue weighted by Crippen LogP contribution is -2.24. The van der Waals surface area contributed by atoms with E-state index in [1.54, 1.807) is 6.07 Å². The van der Waals surface area contributed by atoms with Crippen LogP contribution in [0.3, 0.4) is 0 Å². The molecule has 98 valence electrons. The van der Waals surface area contributed by atoms with Crippen molar-refractivity contribution in [2.45, 2.75) is 20.3 Å². The Morgan fingerprint density at radius 1 is 1.56 bits per heavy atom. The first-order valence-corrected chi connectivity index (χ1v) is 6.02. The zero-order valence-corrected chi connectivity index (χ0v) is 11.1. The highest BCUT2D eigenvalue weighted by Crippen LogP contribution is 2.32. The van der Waals surface area contributed by atoms with E-state index in [4.69, 9.17) is 10.5 Å². The summed E-state index contributed by atoms with van der Waals surface area (Å²) in [6.45, 7) is 6.34. The van der Waals surface area contributed by atoms with Gasteiger partial charge in [0.05, 0.1) is 24.6 Å². The van der Waals surface area contributed by atoms with Crippen LogP contribution < -0.4 is 10.6 Å². The quantitative estimate of drug-likeness (QED) is 0.808. The molecule has 0 saturated carbocycles. The van der Waals surface area contributed by atoms with Gasteiger partial charge in [-0.1, -0.05) is 13.8 Å². The van der Waals surface area contributed by atoms with Crippen LogP contribution in [0, 0.1) is 5.41 Å². The van der Waals surface area contributed by atoms with Gasteiger partial charge >= 0.3 is 5.97 Å². The van der Waals surface area contributed by atoms with Crippen molar-refractivity contribution in [1.29, 1.82) is 0 Å². The van der Waals surface area contributed by atoms with E-state index < -0.39 is 5.97 Å². The molecular formula is C13H19N3O2. The highest BCUT2D eigenvalue weighted by Gasteiger charge is 2.30. The Bertz CT molecular complexity index is 471. The molecule has 0 aromatic carbocycles. The monoisotopic (exact) mass is 249 g/mol.